The molecule has 2 aromatic carbocycles. The predicted molar refractivity (Wildman–Crippen MR) is 119 cm³/mol. The molecule has 1 amide bonds. The molecule has 0 aliphatic carbocycles. The second-order valence-corrected chi connectivity index (χ2v) is 7.67. The summed E-state index contributed by atoms with van der Waals surface area (Å²) in [5.41, 5.74) is 2.73. The molecule has 1 saturated heterocycles. The number of anilines is 1. The average Bonchev–Trinajstić information content (AvgIpc) is 2.80. The van der Waals surface area contributed by atoms with Crippen LogP contribution in [-0.4, -0.2) is 58.9 Å². The zero-order valence-electron chi connectivity index (χ0n) is 16.8. The molecule has 0 radical (unpaired) electrons. The van der Waals surface area contributed by atoms with Crippen molar-refractivity contribution in [3.63, 3.8) is 0 Å². The second-order valence-electron chi connectivity index (χ2n) is 7.24. The highest BCUT2D eigenvalue weighted by molar-refractivity contribution is 6.30. The van der Waals surface area contributed by atoms with Gasteiger partial charge < -0.3 is 10.2 Å². The Bertz CT molecular complexity index is 1010. The highest BCUT2D eigenvalue weighted by atomic mass is 35.5. The number of rotatable bonds is 5. The monoisotopic (exact) mass is 421 g/mol. The number of halogens is 1. The van der Waals surface area contributed by atoms with E-state index < -0.39 is 0 Å². The molecule has 3 aromatic rings. The first-order valence-electron chi connectivity index (χ1n) is 9.99. The van der Waals surface area contributed by atoms with Crippen molar-refractivity contribution in [1.29, 1.82) is 0 Å². The molecule has 30 heavy (non-hydrogen) atoms. The SMILES string of the molecule is CNc1cncc(C(=O)N2CCN(C(c3ccccc3)c3cccc(Cl)c3)CC2)n1. The van der Waals surface area contributed by atoms with Crippen LogP contribution in [0.3, 0.4) is 0 Å². The Labute approximate surface area is 181 Å². The molecule has 7 heteroatoms. The number of carbonyl (C=O) groups excluding carboxylic acids is 1. The van der Waals surface area contributed by atoms with Gasteiger partial charge in [0.25, 0.3) is 5.91 Å². The molecule has 1 aliphatic rings. The lowest BCUT2D eigenvalue weighted by molar-refractivity contribution is 0.0591. The van der Waals surface area contributed by atoms with Crippen molar-refractivity contribution < 1.29 is 4.79 Å². The molecule has 0 saturated carbocycles. The highest BCUT2D eigenvalue weighted by Crippen LogP contribution is 2.31. The van der Waals surface area contributed by atoms with Crippen molar-refractivity contribution in [3.8, 4) is 0 Å². The molecule has 1 aliphatic heterocycles. The number of hydrogen-bond acceptors (Lipinski definition) is 5. The van der Waals surface area contributed by atoms with Crippen LogP contribution < -0.4 is 5.32 Å². The van der Waals surface area contributed by atoms with E-state index >= 15 is 0 Å². The molecule has 0 bridgehead atoms. The first-order chi connectivity index (χ1) is 14.7. The Morgan fingerprint density at radius 3 is 2.43 bits per heavy atom. The number of nitrogens with one attached hydrogen (secondary N) is 1. The van der Waals surface area contributed by atoms with E-state index in [9.17, 15) is 4.79 Å². The fraction of sp³-hybridized carbons (Fsp3) is 0.261. The van der Waals surface area contributed by atoms with Crippen molar-refractivity contribution in [2.75, 3.05) is 38.5 Å². The number of hydrogen-bond donors (Lipinski definition) is 1. The zero-order valence-corrected chi connectivity index (χ0v) is 17.6. The van der Waals surface area contributed by atoms with Gasteiger partial charge in [-0.3, -0.25) is 14.7 Å². The molecule has 2 heterocycles. The van der Waals surface area contributed by atoms with Gasteiger partial charge in [-0.25, -0.2) is 4.98 Å². The lowest BCUT2D eigenvalue weighted by Crippen LogP contribution is -2.50. The maximum Gasteiger partial charge on any atom is 0.274 e. The fourth-order valence-electron chi connectivity index (χ4n) is 3.86. The topological polar surface area (TPSA) is 61.4 Å². The Kier molecular flexibility index (Phi) is 6.26. The number of nitrogens with zero attached hydrogens (tertiary/aromatic N) is 4. The maximum atomic E-state index is 12.9. The van der Waals surface area contributed by atoms with Crippen molar-refractivity contribution >= 4 is 23.3 Å². The molecule has 1 aromatic heterocycles. The number of amides is 1. The van der Waals surface area contributed by atoms with Crippen LogP contribution >= 0.6 is 11.6 Å². The second kappa shape index (κ2) is 9.24. The largest absolute Gasteiger partial charge is 0.372 e. The first-order valence-corrected chi connectivity index (χ1v) is 10.4. The van der Waals surface area contributed by atoms with E-state index in [0.29, 0.717) is 24.6 Å². The van der Waals surface area contributed by atoms with Crippen LogP contribution in [0, 0.1) is 0 Å². The molecule has 1 unspecified atom stereocenters. The molecular weight excluding hydrogens is 398 g/mol. The zero-order chi connectivity index (χ0) is 20.9. The quantitative estimate of drug-likeness (QED) is 0.680. The molecule has 0 spiro atoms. The Morgan fingerprint density at radius 2 is 1.73 bits per heavy atom. The summed E-state index contributed by atoms with van der Waals surface area (Å²) in [5, 5.41) is 3.65. The van der Waals surface area contributed by atoms with Crippen LogP contribution in [0.5, 0.6) is 0 Å². The molecule has 1 N–H and O–H groups in total. The van der Waals surface area contributed by atoms with Crippen LogP contribution in [0.25, 0.3) is 0 Å². The minimum absolute atomic E-state index is 0.0849. The van der Waals surface area contributed by atoms with Crippen LogP contribution in [0.1, 0.15) is 27.7 Å². The molecule has 6 nitrogen and oxygen atoms in total. The van der Waals surface area contributed by atoms with Gasteiger partial charge in [-0.05, 0) is 23.3 Å². The lowest BCUT2D eigenvalue weighted by Gasteiger charge is -2.39. The van der Waals surface area contributed by atoms with Gasteiger partial charge in [0.05, 0.1) is 18.4 Å². The first kappa shape index (κ1) is 20.3. The van der Waals surface area contributed by atoms with Gasteiger partial charge in [0.1, 0.15) is 11.5 Å². The van der Waals surface area contributed by atoms with E-state index in [1.54, 1.807) is 13.2 Å². The van der Waals surface area contributed by atoms with Crippen molar-refractivity contribution in [2.24, 2.45) is 0 Å². The van der Waals surface area contributed by atoms with E-state index in [1.165, 1.54) is 11.8 Å². The van der Waals surface area contributed by atoms with Gasteiger partial charge in [-0.15, -0.1) is 0 Å². The van der Waals surface area contributed by atoms with Gasteiger partial charge >= 0.3 is 0 Å². The predicted octanol–water partition coefficient (Wildman–Crippen LogP) is 3.72. The van der Waals surface area contributed by atoms with Crippen molar-refractivity contribution in [1.82, 2.24) is 19.8 Å². The normalized spacial score (nSPS) is 15.6. The van der Waals surface area contributed by atoms with Crippen LogP contribution in [0.2, 0.25) is 5.02 Å². The third kappa shape index (κ3) is 4.45. The van der Waals surface area contributed by atoms with E-state index in [1.807, 2.05) is 29.2 Å². The number of carbonyl (C=O) groups is 1. The summed E-state index contributed by atoms with van der Waals surface area (Å²) in [5.74, 6) is 0.503. The van der Waals surface area contributed by atoms with Gasteiger partial charge in [0.2, 0.25) is 0 Å². The van der Waals surface area contributed by atoms with Gasteiger partial charge in [-0.2, -0.15) is 0 Å². The Hall–Kier alpha value is -2.96. The van der Waals surface area contributed by atoms with Gasteiger partial charge in [0.15, 0.2) is 0 Å². The smallest absolute Gasteiger partial charge is 0.274 e. The van der Waals surface area contributed by atoms with E-state index in [-0.39, 0.29) is 11.9 Å². The van der Waals surface area contributed by atoms with Crippen LogP contribution in [0.4, 0.5) is 5.82 Å². The molecule has 154 valence electrons. The third-order valence-corrected chi connectivity index (χ3v) is 5.59. The van der Waals surface area contributed by atoms with E-state index in [4.69, 9.17) is 11.6 Å². The Morgan fingerprint density at radius 1 is 1.00 bits per heavy atom. The summed E-state index contributed by atoms with van der Waals surface area (Å²) in [4.78, 5) is 25.6. The minimum atomic E-state index is -0.0849. The molecule has 1 fully saturated rings. The molecular formula is C23H24ClN5O. The third-order valence-electron chi connectivity index (χ3n) is 5.36. The standard InChI is InChI=1S/C23H24ClN5O/c1-25-21-16-26-15-20(27-21)23(30)29-12-10-28(11-13-29)22(17-6-3-2-4-7-17)18-8-5-9-19(24)14-18/h2-9,14-16,22H,10-13H2,1H3,(H,25,27). The van der Waals surface area contributed by atoms with Gasteiger partial charge in [0, 0.05) is 38.2 Å². The summed E-state index contributed by atoms with van der Waals surface area (Å²) in [6.45, 7) is 2.79. The summed E-state index contributed by atoms with van der Waals surface area (Å²) in [7, 11) is 1.76. The maximum absolute atomic E-state index is 12.9. The summed E-state index contributed by atoms with van der Waals surface area (Å²) in [6, 6.07) is 18.5. The fourth-order valence-corrected chi connectivity index (χ4v) is 4.06. The summed E-state index contributed by atoms with van der Waals surface area (Å²) in [6.07, 6.45) is 3.12. The van der Waals surface area contributed by atoms with Gasteiger partial charge in [-0.1, -0.05) is 54.1 Å². The lowest BCUT2D eigenvalue weighted by atomic mass is 9.96. The number of benzene rings is 2. The number of piperazine rings is 1. The van der Waals surface area contributed by atoms with Crippen molar-refractivity contribution in [3.05, 3.63) is 88.8 Å². The van der Waals surface area contributed by atoms with E-state index in [2.05, 4.69) is 50.5 Å². The molecule has 4 rings (SSSR count). The van der Waals surface area contributed by atoms with Crippen LogP contribution in [-0.2, 0) is 0 Å². The molecule has 1 atom stereocenters. The highest BCUT2D eigenvalue weighted by Gasteiger charge is 2.29. The summed E-state index contributed by atoms with van der Waals surface area (Å²) < 4.78 is 0. The Balaban J connectivity index is 1.52. The summed E-state index contributed by atoms with van der Waals surface area (Å²) >= 11 is 6.28. The number of aromatic nitrogens is 2. The van der Waals surface area contributed by atoms with E-state index in [0.717, 1.165) is 23.7 Å². The van der Waals surface area contributed by atoms with Crippen molar-refractivity contribution in [2.45, 2.75) is 6.04 Å². The minimum Gasteiger partial charge on any atom is -0.372 e. The average molecular weight is 422 g/mol. The van der Waals surface area contributed by atoms with Crippen LogP contribution in [0.15, 0.2) is 67.0 Å².